The summed E-state index contributed by atoms with van der Waals surface area (Å²) in [5.74, 6) is 8.15. The molecule has 2 saturated carbocycles. The predicted molar refractivity (Wildman–Crippen MR) is 105 cm³/mol. The van der Waals surface area contributed by atoms with Gasteiger partial charge in [-0.05, 0) is 69.1 Å². The summed E-state index contributed by atoms with van der Waals surface area (Å²) < 4.78 is 4.69. The fourth-order valence-electron chi connectivity index (χ4n) is 4.37. The number of hydrogen-bond donors (Lipinski definition) is 1. The van der Waals surface area contributed by atoms with Gasteiger partial charge in [-0.3, -0.25) is 4.79 Å². The molecule has 3 nitrogen and oxygen atoms in total. The Labute approximate surface area is 158 Å². The van der Waals surface area contributed by atoms with Gasteiger partial charge in [0.2, 0.25) is 0 Å². The smallest absolute Gasteiger partial charge is 0.305 e. The van der Waals surface area contributed by atoms with Crippen LogP contribution in [-0.4, -0.2) is 24.3 Å². The summed E-state index contributed by atoms with van der Waals surface area (Å²) in [6.45, 7) is 3.90. The number of allylic oxidation sites excluding steroid dienone is 3. The maximum absolute atomic E-state index is 11.2. The van der Waals surface area contributed by atoms with E-state index in [1.54, 1.807) is 5.57 Å². The van der Waals surface area contributed by atoms with Crippen LogP contribution in [0.5, 0.6) is 0 Å². The van der Waals surface area contributed by atoms with E-state index in [9.17, 15) is 9.90 Å². The van der Waals surface area contributed by atoms with Crippen molar-refractivity contribution in [1.29, 1.82) is 0 Å². The number of ether oxygens (including phenoxy) is 1. The largest absolute Gasteiger partial charge is 0.469 e. The summed E-state index contributed by atoms with van der Waals surface area (Å²) in [7, 11) is 1.45. The van der Waals surface area contributed by atoms with Gasteiger partial charge in [0.25, 0.3) is 0 Å². The Hall–Kier alpha value is -1.53. The highest BCUT2D eigenvalue weighted by atomic mass is 16.5. The summed E-state index contributed by atoms with van der Waals surface area (Å²) in [5, 5.41) is 10.3. The summed E-state index contributed by atoms with van der Waals surface area (Å²) >= 11 is 0. The first-order valence-corrected chi connectivity index (χ1v) is 10.1. The topological polar surface area (TPSA) is 46.5 Å². The Morgan fingerprint density at radius 3 is 2.92 bits per heavy atom. The van der Waals surface area contributed by atoms with E-state index in [0.717, 1.165) is 31.1 Å². The van der Waals surface area contributed by atoms with Crippen LogP contribution >= 0.6 is 0 Å². The van der Waals surface area contributed by atoms with Crippen molar-refractivity contribution in [2.24, 2.45) is 23.7 Å². The molecule has 0 aliphatic heterocycles. The van der Waals surface area contributed by atoms with E-state index in [2.05, 4.69) is 35.7 Å². The lowest BCUT2D eigenvalue weighted by atomic mass is 9.90. The first-order valence-electron chi connectivity index (χ1n) is 10.1. The molecule has 5 atom stereocenters. The number of aliphatic hydroxyl groups excluding tert-OH is 1. The molecule has 0 radical (unpaired) electrons. The Kier molecular flexibility index (Phi) is 8.45. The minimum absolute atomic E-state index is 0.116. The second kappa shape index (κ2) is 10.6. The monoisotopic (exact) mass is 358 g/mol. The molecule has 26 heavy (non-hydrogen) atoms. The van der Waals surface area contributed by atoms with Gasteiger partial charge in [0, 0.05) is 12.8 Å². The molecule has 0 aromatic carbocycles. The number of aliphatic hydroxyl groups is 1. The first kappa shape index (κ1) is 20.8. The number of esters is 1. The molecule has 0 aromatic rings. The lowest BCUT2D eigenvalue weighted by Gasteiger charge is -2.17. The van der Waals surface area contributed by atoms with E-state index in [0.29, 0.717) is 12.3 Å². The molecule has 1 N–H and O–H groups in total. The Morgan fingerprint density at radius 1 is 1.38 bits per heavy atom. The lowest BCUT2D eigenvalue weighted by molar-refractivity contribution is -0.140. The van der Waals surface area contributed by atoms with E-state index in [1.165, 1.54) is 32.8 Å². The molecule has 2 aliphatic rings. The van der Waals surface area contributed by atoms with Crippen LogP contribution in [0.2, 0.25) is 0 Å². The van der Waals surface area contributed by atoms with Crippen LogP contribution in [0.1, 0.15) is 65.2 Å². The third kappa shape index (κ3) is 6.02. The van der Waals surface area contributed by atoms with E-state index < -0.39 is 6.10 Å². The first-order chi connectivity index (χ1) is 12.5. The zero-order valence-electron chi connectivity index (χ0n) is 16.5. The second-order valence-electron chi connectivity index (χ2n) is 7.89. The van der Waals surface area contributed by atoms with Crippen molar-refractivity contribution in [2.75, 3.05) is 7.11 Å². The molecular formula is C23H34O3. The van der Waals surface area contributed by atoms with Crippen molar-refractivity contribution in [3.8, 4) is 11.8 Å². The van der Waals surface area contributed by atoms with Gasteiger partial charge in [-0.2, -0.15) is 0 Å². The molecule has 144 valence electrons. The molecule has 2 fully saturated rings. The van der Waals surface area contributed by atoms with E-state index >= 15 is 0 Å². The zero-order valence-corrected chi connectivity index (χ0v) is 16.5. The van der Waals surface area contributed by atoms with E-state index in [-0.39, 0.29) is 11.9 Å². The fraction of sp³-hybridized carbons (Fsp3) is 0.696. The molecule has 0 aromatic heterocycles. The minimum Gasteiger partial charge on any atom is -0.469 e. The van der Waals surface area contributed by atoms with Crippen molar-refractivity contribution in [2.45, 2.75) is 71.3 Å². The van der Waals surface area contributed by atoms with Crippen LogP contribution in [0.25, 0.3) is 0 Å². The minimum atomic E-state index is -0.398. The van der Waals surface area contributed by atoms with Gasteiger partial charge >= 0.3 is 5.97 Å². The second-order valence-corrected chi connectivity index (χ2v) is 7.89. The summed E-state index contributed by atoms with van der Waals surface area (Å²) in [6, 6.07) is 0. The number of methoxy groups -OCH3 is 1. The van der Waals surface area contributed by atoms with Gasteiger partial charge < -0.3 is 9.84 Å². The third-order valence-electron chi connectivity index (χ3n) is 6.03. The van der Waals surface area contributed by atoms with Gasteiger partial charge in [0.1, 0.15) is 0 Å². The number of rotatable bonds is 8. The van der Waals surface area contributed by atoms with Crippen LogP contribution in [0.15, 0.2) is 23.8 Å². The normalized spacial score (nSPS) is 28.6. The van der Waals surface area contributed by atoms with Gasteiger partial charge in [0.15, 0.2) is 0 Å². The van der Waals surface area contributed by atoms with Crippen LogP contribution in [0.4, 0.5) is 0 Å². The number of fused-ring (bicyclic) bond motifs is 1. The van der Waals surface area contributed by atoms with Crippen molar-refractivity contribution < 1.29 is 14.6 Å². The average Bonchev–Trinajstić information content (AvgIpc) is 3.21. The summed E-state index contributed by atoms with van der Waals surface area (Å²) in [5.41, 5.74) is 1.56. The zero-order chi connectivity index (χ0) is 18.9. The highest BCUT2D eigenvalue weighted by Gasteiger charge is 2.39. The molecule has 3 heteroatoms. The lowest BCUT2D eigenvalue weighted by Crippen LogP contribution is -2.15. The molecule has 0 amide bonds. The molecule has 2 rings (SSSR count). The fourth-order valence-corrected chi connectivity index (χ4v) is 4.37. The van der Waals surface area contributed by atoms with Gasteiger partial charge in [-0.15, -0.1) is 11.8 Å². The molecule has 0 bridgehead atoms. The summed E-state index contributed by atoms with van der Waals surface area (Å²) in [6.07, 6.45) is 14.3. The van der Waals surface area contributed by atoms with E-state index in [4.69, 9.17) is 0 Å². The number of carbonyl (C=O) groups excluding carboxylic acids is 1. The van der Waals surface area contributed by atoms with Gasteiger partial charge in [0.05, 0.1) is 13.2 Å². The van der Waals surface area contributed by atoms with Crippen LogP contribution in [0.3, 0.4) is 0 Å². The molecule has 2 aliphatic carbocycles. The Balaban J connectivity index is 1.80. The Bertz CT molecular complexity index is 578. The van der Waals surface area contributed by atoms with Crippen molar-refractivity contribution >= 4 is 5.97 Å². The number of hydrogen-bond acceptors (Lipinski definition) is 3. The Morgan fingerprint density at radius 2 is 2.19 bits per heavy atom. The standard InChI is InChI=1S/C23H34O3/c1-4-5-8-17(2)22(24)14-13-19-11-12-20-15-18(16-21(19)20)9-6-7-10-23(25)26-3/h9,13-14,17,19-22,24H,6-8,10-12,15-16H2,1-3H3/b14-13+,18-9+. The van der Waals surface area contributed by atoms with Crippen LogP contribution in [-0.2, 0) is 9.53 Å². The van der Waals surface area contributed by atoms with Gasteiger partial charge in [-0.25, -0.2) is 0 Å². The highest BCUT2D eigenvalue weighted by Crippen LogP contribution is 2.50. The average molecular weight is 359 g/mol. The highest BCUT2D eigenvalue weighted by molar-refractivity contribution is 5.69. The molecule has 5 unspecified atom stereocenters. The van der Waals surface area contributed by atoms with Crippen molar-refractivity contribution in [1.82, 2.24) is 0 Å². The van der Waals surface area contributed by atoms with Crippen molar-refractivity contribution in [3.05, 3.63) is 23.8 Å². The molecular weight excluding hydrogens is 324 g/mol. The molecule has 0 spiro atoms. The number of carbonyl (C=O) groups is 1. The van der Waals surface area contributed by atoms with Gasteiger partial charge in [-0.1, -0.05) is 30.7 Å². The van der Waals surface area contributed by atoms with Crippen LogP contribution < -0.4 is 0 Å². The van der Waals surface area contributed by atoms with E-state index in [1.807, 2.05) is 13.0 Å². The molecule has 0 saturated heterocycles. The maximum atomic E-state index is 11.2. The predicted octanol–water partition coefficient (Wildman–Crippen LogP) is 4.66. The number of unbranched alkanes of at least 4 members (excludes halogenated alkanes) is 1. The maximum Gasteiger partial charge on any atom is 0.305 e. The van der Waals surface area contributed by atoms with Crippen LogP contribution in [0, 0.1) is 35.5 Å². The molecule has 0 heterocycles. The summed E-state index contributed by atoms with van der Waals surface area (Å²) in [4.78, 5) is 11.2. The third-order valence-corrected chi connectivity index (χ3v) is 6.03. The van der Waals surface area contributed by atoms with Crippen molar-refractivity contribution in [3.63, 3.8) is 0 Å². The quantitative estimate of drug-likeness (QED) is 0.297. The SMILES string of the molecule is CC#CCC(C)C(O)/C=C/C1CCC2C/C(=C\CCCC(=O)OC)CC12.